The normalized spacial score (nSPS) is 11.6. The minimum atomic E-state index is 0.649. The average molecular weight is 636 g/mol. The van der Waals surface area contributed by atoms with Gasteiger partial charge in [-0.2, -0.15) is 0 Å². The maximum absolute atomic E-state index is 5.20. The number of aromatic nitrogens is 3. The summed E-state index contributed by atoms with van der Waals surface area (Å²) in [5.74, 6) is 1.95. The van der Waals surface area contributed by atoms with Crippen LogP contribution in [-0.2, 0) is 0 Å². The maximum Gasteiger partial charge on any atom is 0.164 e. The highest BCUT2D eigenvalue weighted by Crippen LogP contribution is 2.38. The van der Waals surface area contributed by atoms with Crippen LogP contribution in [0.5, 0.6) is 0 Å². The van der Waals surface area contributed by atoms with Crippen LogP contribution < -0.4 is 0 Å². The minimum Gasteiger partial charge on any atom is -0.208 e. The molecule has 10 aromatic rings. The van der Waals surface area contributed by atoms with Gasteiger partial charge in [0.25, 0.3) is 0 Å². The standard InChI is InChI=1S/C47H29N3/c1-2-13-33(14-3-1)45-48-46(35-27-28-38-34(29-35)26-25-32-24-23-31-12-5-7-17-37(31)44(32)38)50-47(49-45)43-22-10-20-41-40(19-9-21-42(41)43)39-18-8-15-30-11-4-6-16-36(30)39/h1-29H. The fourth-order valence-corrected chi connectivity index (χ4v) is 7.52. The van der Waals surface area contributed by atoms with Gasteiger partial charge < -0.3 is 0 Å². The van der Waals surface area contributed by atoms with Crippen LogP contribution in [0.2, 0.25) is 0 Å². The number of benzene rings is 9. The first-order chi connectivity index (χ1) is 24.8. The molecule has 0 atom stereocenters. The van der Waals surface area contributed by atoms with Gasteiger partial charge in [-0.15, -0.1) is 0 Å². The van der Waals surface area contributed by atoms with E-state index in [-0.39, 0.29) is 0 Å². The zero-order valence-corrected chi connectivity index (χ0v) is 27.1. The molecule has 10 rings (SSSR count). The SMILES string of the molecule is c1ccc(-c2nc(-c3ccc4c(ccc5ccc6ccccc6c54)c3)nc(-c3cccc4c(-c5cccc6ccccc56)cccc34)n2)cc1. The molecule has 0 unspecified atom stereocenters. The van der Waals surface area contributed by atoms with Gasteiger partial charge in [0.05, 0.1) is 0 Å². The summed E-state index contributed by atoms with van der Waals surface area (Å²) in [6.45, 7) is 0. The van der Waals surface area contributed by atoms with Crippen LogP contribution in [0.1, 0.15) is 0 Å². The van der Waals surface area contributed by atoms with Gasteiger partial charge >= 0.3 is 0 Å². The van der Waals surface area contributed by atoms with E-state index in [9.17, 15) is 0 Å². The lowest BCUT2D eigenvalue weighted by Gasteiger charge is -2.14. The molecule has 232 valence electrons. The van der Waals surface area contributed by atoms with Crippen molar-refractivity contribution in [2.45, 2.75) is 0 Å². The second-order valence-corrected chi connectivity index (χ2v) is 12.8. The fourth-order valence-electron chi connectivity index (χ4n) is 7.52. The van der Waals surface area contributed by atoms with Gasteiger partial charge in [-0.3, -0.25) is 0 Å². The first kappa shape index (κ1) is 28.3. The summed E-state index contributed by atoms with van der Waals surface area (Å²) in [5, 5.41) is 12.1. The van der Waals surface area contributed by atoms with Crippen molar-refractivity contribution in [1.29, 1.82) is 0 Å². The lowest BCUT2D eigenvalue weighted by molar-refractivity contribution is 1.08. The summed E-state index contributed by atoms with van der Waals surface area (Å²) < 4.78 is 0. The monoisotopic (exact) mass is 635 g/mol. The Balaban J connectivity index is 1.18. The summed E-state index contributed by atoms with van der Waals surface area (Å²) in [6.07, 6.45) is 0. The summed E-state index contributed by atoms with van der Waals surface area (Å²) in [6, 6.07) is 62.3. The molecule has 3 nitrogen and oxygen atoms in total. The second-order valence-electron chi connectivity index (χ2n) is 12.8. The molecule has 1 aromatic heterocycles. The highest BCUT2D eigenvalue weighted by molar-refractivity contribution is 6.20. The van der Waals surface area contributed by atoms with E-state index in [1.807, 2.05) is 18.2 Å². The molecule has 0 fully saturated rings. The molecule has 0 amide bonds. The quantitative estimate of drug-likeness (QED) is 0.181. The van der Waals surface area contributed by atoms with E-state index in [2.05, 4.69) is 158 Å². The molecule has 1 heterocycles. The van der Waals surface area contributed by atoms with Gasteiger partial charge in [0.2, 0.25) is 0 Å². The molecule has 0 radical (unpaired) electrons. The van der Waals surface area contributed by atoms with Crippen LogP contribution in [0.25, 0.3) is 99.2 Å². The molecule has 0 aliphatic carbocycles. The fraction of sp³-hybridized carbons (Fsp3) is 0. The Kier molecular flexibility index (Phi) is 6.49. The van der Waals surface area contributed by atoms with Crippen LogP contribution in [0, 0.1) is 0 Å². The maximum atomic E-state index is 5.20. The molecule has 0 aliphatic rings. The Hall–Kier alpha value is -6.71. The van der Waals surface area contributed by atoms with Crippen LogP contribution in [0.15, 0.2) is 176 Å². The van der Waals surface area contributed by atoms with Gasteiger partial charge in [-0.05, 0) is 71.1 Å². The number of fused-ring (bicyclic) bond motifs is 7. The lowest BCUT2D eigenvalue weighted by atomic mass is 9.92. The van der Waals surface area contributed by atoms with Crippen LogP contribution >= 0.6 is 0 Å². The highest BCUT2D eigenvalue weighted by atomic mass is 15.0. The summed E-state index contributed by atoms with van der Waals surface area (Å²) >= 11 is 0. The van der Waals surface area contributed by atoms with Crippen molar-refractivity contribution in [2.24, 2.45) is 0 Å². The molecule has 0 spiro atoms. The lowest BCUT2D eigenvalue weighted by Crippen LogP contribution is -2.00. The van der Waals surface area contributed by atoms with Crippen molar-refractivity contribution in [1.82, 2.24) is 15.0 Å². The average Bonchev–Trinajstić information content (AvgIpc) is 3.20. The number of hydrogen-bond acceptors (Lipinski definition) is 3. The summed E-state index contributed by atoms with van der Waals surface area (Å²) in [5.41, 5.74) is 5.28. The largest absolute Gasteiger partial charge is 0.208 e. The molecule has 0 bridgehead atoms. The van der Waals surface area contributed by atoms with E-state index in [1.165, 1.54) is 48.8 Å². The van der Waals surface area contributed by atoms with Gasteiger partial charge in [-0.1, -0.05) is 170 Å². The summed E-state index contributed by atoms with van der Waals surface area (Å²) in [7, 11) is 0. The van der Waals surface area contributed by atoms with Crippen LogP contribution in [0.4, 0.5) is 0 Å². The van der Waals surface area contributed by atoms with E-state index < -0.39 is 0 Å². The van der Waals surface area contributed by atoms with Gasteiger partial charge in [0.15, 0.2) is 17.5 Å². The van der Waals surface area contributed by atoms with E-state index in [0.717, 1.165) is 32.8 Å². The van der Waals surface area contributed by atoms with E-state index in [0.29, 0.717) is 17.5 Å². The molecule has 50 heavy (non-hydrogen) atoms. The third-order valence-corrected chi connectivity index (χ3v) is 9.89. The molecule has 0 saturated heterocycles. The van der Waals surface area contributed by atoms with Crippen molar-refractivity contribution in [3.63, 3.8) is 0 Å². The Morgan fingerprint density at radius 1 is 0.260 bits per heavy atom. The van der Waals surface area contributed by atoms with Crippen molar-refractivity contribution in [3.8, 4) is 45.3 Å². The Morgan fingerprint density at radius 2 is 0.760 bits per heavy atom. The van der Waals surface area contributed by atoms with Gasteiger partial charge in [0.1, 0.15) is 0 Å². The van der Waals surface area contributed by atoms with Crippen molar-refractivity contribution >= 4 is 53.9 Å². The molecule has 0 aliphatic heterocycles. The predicted molar refractivity (Wildman–Crippen MR) is 209 cm³/mol. The molecule has 3 heteroatoms. The predicted octanol–water partition coefficient (Wildman–Crippen LogP) is 12.3. The summed E-state index contributed by atoms with van der Waals surface area (Å²) in [4.78, 5) is 15.4. The molecular formula is C47H29N3. The molecule has 9 aromatic carbocycles. The van der Waals surface area contributed by atoms with Crippen molar-refractivity contribution < 1.29 is 0 Å². The highest BCUT2D eigenvalue weighted by Gasteiger charge is 2.17. The van der Waals surface area contributed by atoms with Crippen molar-refractivity contribution in [3.05, 3.63) is 176 Å². The molecule has 0 N–H and O–H groups in total. The van der Waals surface area contributed by atoms with E-state index in [1.54, 1.807) is 0 Å². The molecular weight excluding hydrogens is 607 g/mol. The van der Waals surface area contributed by atoms with Crippen LogP contribution in [-0.4, -0.2) is 15.0 Å². The first-order valence-electron chi connectivity index (χ1n) is 16.9. The second kappa shape index (κ2) is 11.5. The Bertz CT molecular complexity index is 2920. The third kappa shape index (κ3) is 4.63. The van der Waals surface area contributed by atoms with E-state index in [4.69, 9.17) is 15.0 Å². The van der Waals surface area contributed by atoms with Gasteiger partial charge in [-0.25, -0.2) is 15.0 Å². The number of hydrogen-bond donors (Lipinski definition) is 0. The minimum absolute atomic E-state index is 0.649. The van der Waals surface area contributed by atoms with Gasteiger partial charge in [0, 0.05) is 16.7 Å². The van der Waals surface area contributed by atoms with E-state index >= 15 is 0 Å². The topological polar surface area (TPSA) is 38.7 Å². The first-order valence-corrected chi connectivity index (χ1v) is 16.9. The zero-order chi connectivity index (χ0) is 33.0. The molecule has 0 saturated carbocycles. The Morgan fingerprint density at radius 3 is 1.56 bits per heavy atom. The number of rotatable bonds is 4. The van der Waals surface area contributed by atoms with Crippen LogP contribution in [0.3, 0.4) is 0 Å². The number of nitrogens with zero attached hydrogens (tertiary/aromatic N) is 3. The smallest absolute Gasteiger partial charge is 0.164 e. The third-order valence-electron chi connectivity index (χ3n) is 9.89. The zero-order valence-electron chi connectivity index (χ0n) is 27.1. The Labute approximate surface area is 289 Å². The van der Waals surface area contributed by atoms with Crippen molar-refractivity contribution in [2.75, 3.05) is 0 Å².